The molecule has 0 atom stereocenters. The summed E-state index contributed by atoms with van der Waals surface area (Å²) in [6.07, 6.45) is 6.59. The lowest BCUT2D eigenvalue weighted by atomic mass is 10.0. The Morgan fingerprint density at radius 3 is 2.33 bits per heavy atom. The Balaban J connectivity index is 2.84. The highest BCUT2D eigenvalue weighted by Crippen LogP contribution is 2.29. The maximum atomic E-state index is 10.9. The number of carbonyl (C=O) groups is 1. The van der Waals surface area contributed by atoms with Gasteiger partial charge in [-0.3, -0.25) is 4.79 Å². The van der Waals surface area contributed by atoms with Crippen molar-refractivity contribution in [3.05, 3.63) is 23.3 Å². The van der Waals surface area contributed by atoms with Gasteiger partial charge in [0.1, 0.15) is 11.5 Å². The number of methoxy groups -OCH3 is 2. The molecule has 1 aromatic rings. The molecule has 1 rings (SSSR count). The number of benzene rings is 1. The third-order valence-corrected chi connectivity index (χ3v) is 3.06. The Kier molecular flexibility index (Phi) is 6.26. The molecule has 0 aromatic heterocycles. The lowest BCUT2D eigenvalue weighted by Crippen LogP contribution is -1.98. The minimum Gasteiger partial charge on any atom is -0.496 e. The minimum absolute atomic E-state index is 0.534. The van der Waals surface area contributed by atoms with Gasteiger partial charge in [-0.05, 0) is 30.5 Å². The van der Waals surface area contributed by atoms with Crippen LogP contribution in [-0.4, -0.2) is 20.5 Å². The topological polar surface area (TPSA) is 35.5 Å². The summed E-state index contributed by atoms with van der Waals surface area (Å²) in [4.78, 5) is 10.9. The zero-order valence-electron chi connectivity index (χ0n) is 11.5. The molecule has 0 saturated heterocycles. The lowest BCUT2D eigenvalue weighted by molar-refractivity contribution is 0.112. The van der Waals surface area contributed by atoms with Crippen LogP contribution in [0.5, 0.6) is 11.5 Å². The highest BCUT2D eigenvalue weighted by Gasteiger charge is 2.10. The second kappa shape index (κ2) is 7.75. The van der Waals surface area contributed by atoms with Crippen LogP contribution in [0.15, 0.2) is 12.1 Å². The first-order chi connectivity index (χ1) is 8.76. The summed E-state index contributed by atoms with van der Waals surface area (Å²) >= 11 is 0. The van der Waals surface area contributed by atoms with E-state index >= 15 is 0 Å². The Morgan fingerprint density at radius 1 is 1.06 bits per heavy atom. The molecule has 0 aliphatic rings. The number of hydrogen-bond acceptors (Lipinski definition) is 3. The molecule has 0 unspecified atom stereocenters. The van der Waals surface area contributed by atoms with Crippen molar-refractivity contribution in [2.45, 2.75) is 39.0 Å². The van der Waals surface area contributed by atoms with Crippen molar-refractivity contribution >= 4 is 6.29 Å². The summed E-state index contributed by atoms with van der Waals surface area (Å²) in [5.74, 6) is 1.39. The number of aldehydes is 1. The van der Waals surface area contributed by atoms with E-state index in [-0.39, 0.29) is 0 Å². The third kappa shape index (κ3) is 3.76. The zero-order valence-corrected chi connectivity index (χ0v) is 11.5. The molecule has 0 bridgehead atoms. The van der Waals surface area contributed by atoms with Crippen molar-refractivity contribution in [1.29, 1.82) is 0 Å². The summed E-state index contributed by atoms with van der Waals surface area (Å²) in [6, 6.07) is 3.66. The summed E-state index contributed by atoms with van der Waals surface area (Å²) < 4.78 is 10.5. The molecular weight excluding hydrogens is 228 g/mol. The van der Waals surface area contributed by atoms with Crippen LogP contribution in [0, 0.1) is 0 Å². The number of carbonyl (C=O) groups excluding carboxylic acids is 1. The third-order valence-electron chi connectivity index (χ3n) is 3.06. The van der Waals surface area contributed by atoms with E-state index in [1.165, 1.54) is 19.3 Å². The molecule has 0 spiro atoms. The molecule has 3 nitrogen and oxygen atoms in total. The maximum Gasteiger partial charge on any atom is 0.153 e. The Bertz CT molecular complexity index is 386. The van der Waals surface area contributed by atoms with Crippen LogP contribution < -0.4 is 9.47 Å². The molecule has 0 radical (unpaired) electrons. The monoisotopic (exact) mass is 250 g/mol. The van der Waals surface area contributed by atoms with E-state index in [4.69, 9.17) is 9.47 Å². The standard InChI is InChI=1S/C15H22O3/c1-4-5-6-7-8-12-9-15(18-3)13(11-16)10-14(12)17-2/h9-11H,4-8H2,1-3H3. The molecule has 1 aromatic carbocycles. The molecule has 0 fully saturated rings. The summed E-state index contributed by atoms with van der Waals surface area (Å²) in [5.41, 5.74) is 1.64. The average molecular weight is 250 g/mol. The first-order valence-electron chi connectivity index (χ1n) is 6.46. The molecule has 0 saturated carbocycles. The van der Waals surface area contributed by atoms with Crippen LogP contribution >= 0.6 is 0 Å². The second-order valence-electron chi connectivity index (χ2n) is 4.33. The molecule has 3 heteroatoms. The quantitative estimate of drug-likeness (QED) is 0.522. The Hall–Kier alpha value is -1.51. The van der Waals surface area contributed by atoms with Gasteiger partial charge < -0.3 is 9.47 Å². The highest BCUT2D eigenvalue weighted by molar-refractivity contribution is 5.80. The number of hydrogen-bond donors (Lipinski definition) is 0. The first-order valence-corrected chi connectivity index (χ1v) is 6.46. The molecule has 0 heterocycles. The van der Waals surface area contributed by atoms with Crippen molar-refractivity contribution in [2.75, 3.05) is 14.2 Å². The Morgan fingerprint density at radius 2 is 1.78 bits per heavy atom. The molecule has 0 aliphatic heterocycles. The SMILES string of the molecule is CCCCCCc1cc(OC)c(C=O)cc1OC. The van der Waals surface area contributed by atoms with E-state index in [1.807, 2.05) is 6.07 Å². The molecule has 100 valence electrons. The van der Waals surface area contributed by atoms with Gasteiger partial charge in [-0.2, -0.15) is 0 Å². The van der Waals surface area contributed by atoms with E-state index < -0.39 is 0 Å². The van der Waals surface area contributed by atoms with Gasteiger partial charge in [0.15, 0.2) is 6.29 Å². The normalized spacial score (nSPS) is 10.2. The first kappa shape index (κ1) is 14.6. The van der Waals surface area contributed by atoms with Gasteiger partial charge in [0.2, 0.25) is 0 Å². The van der Waals surface area contributed by atoms with Crippen LogP contribution in [0.3, 0.4) is 0 Å². The number of ether oxygens (including phenoxy) is 2. The number of aryl methyl sites for hydroxylation is 1. The fourth-order valence-corrected chi connectivity index (χ4v) is 2.01. The van der Waals surface area contributed by atoms with Crippen LogP contribution in [0.25, 0.3) is 0 Å². The highest BCUT2D eigenvalue weighted by atomic mass is 16.5. The van der Waals surface area contributed by atoms with Gasteiger partial charge in [-0.15, -0.1) is 0 Å². The fourth-order valence-electron chi connectivity index (χ4n) is 2.01. The zero-order chi connectivity index (χ0) is 13.4. The molecule has 0 amide bonds. The molecule has 0 N–H and O–H groups in total. The Labute approximate surface area is 109 Å². The van der Waals surface area contributed by atoms with Crippen molar-refractivity contribution < 1.29 is 14.3 Å². The van der Waals surface area contributed by atoms with Crippen molar-refractivity contribution in [1.82, 2.24) is 0 Å². The van der Waals surface area contributed by atoms with E-state index in [9.17, 15) is 4.79 Å². The predicted molar refractivity (Wildman–Crippen MR) is 72.8 cm³/mol. The van der Waals surface area contributed by atoms with Gasteiger partial charge >= 0.3 is 0 Å². The van der Waals surface area contributed by atoms with Crippen LogP contribution in [0.2, 0.25) is 0 Å². The van der Waals surface area contributed by atoms with Crippen molar-refractivity contribution in [2.24, 2.45) is 0 Å². The molecular formula is C15H22O3. The van der Waals surface area contributed by atoms with Gasteiger partial charge in [0, 0.05) is 0 Å². The maximum absolute atomic E-state index is 10.9. The van der Waals surface area contributed by atoms with Gasteiger partial charge in [-0.1, -0.05) is 26.2 Å². The molecule has 0 aliphatic carbocycles. The number of rotatable bonds is 8. The van der Waals surface area contributed by atoms with E-state index in [0.717, 1.165) is 30.4 Å². The van der Waals surface area contributed by atoms with Gasteiger partial charge in [0.25, 0.3) is 0 Å². The smallest absolute Gasteiger partial charge is 0.153 e. The van der Waals surface area contributed by atoms with E-state index in [2.05, 4.69) is 6.92 Å². The van der Waals surface area contributed by atoms with Crippen LogP contribution in [-0.2, 0) is 6.42 Å². The lowest BCUT2D eigenvalue weighted by Gasteiger charge is -2.12. The average Bonchev–Trinajstić information content (AvgIpc) is 2.42. The predicted octanol–water partition coefficient (Wildman–Crippen LogP) is 3.64. The van der Waals surface area contributed by atoms with Gasteiger partial charge in [0.05, 0.1) is 19.8 Å². The molecule has 18 heavy (non-hydrogen) atoms. The second-order valence-corrected chi connectivity index (χ2v) is 4.33. The van der Waals surface area contributed by atoms with Gasteiger partial charge in [-0.25, -0.2) is 0 Å². The summed E-state index contributed by atoms with van der Waals surface area (Å²) in [6.45, 7) is 2.20. The van der Waals surface area contributed by atoms with Crippen LogP contribution in [0.4, 0.5) is 0 Å². The van der Waals surface area contributed by atoms with Crippen molar-refractivity contribution in [3.63, 3.8) is 0 Å². The van der Waals surface area contributed by atoms with Crippen LogP contribution in [0.1, 0.15) is 48.5 Å². The largest absolute Gasteiger partial charge is 0.496 e. The fraction of sp³-hybridized carbons (Fsp3) is 0.533. The minimum atomic E-state index is 0.534. The van der Waals surface area contributed by atoms with Crippen molar-refractivity contribution in [3.8, 4) is 11.5 Å². The number of unbranched alkanes of at least 4 members (excludes halogenated alkanes) is 3. The summed E-state index contributed by atoms with van der Waals surface area (Å²) in [5, 5.41) is 0. The van der Waals surface area contributed by atoms with E-state index in [0.29, 0.717) is 11.3 Å². The van der Waals surface area contributed by atoms with E-state index in [1.54, 1.807) is 20.3 Å². The summed E-state index contributed by atoms with van der Waals surface area (Å²) in [7, 11) is 3.21.